The molecule has 1 aromatic carbocycles. The number of thiazole rings is 1. The van der Waals surface area contributed by atoms with Crippen molar-refractivity contribution in [3.05, 3.63) is 71.1 Å². The van der Waals surface area contributed by atoms with E-state index < -0.39 is 0 Å². The molecule has 0 spiro atoms. The topological polar surface area (TPSA) is 68.3 Å². The maximum atomic E-state index is 12.5. The van der Waals surface area contributed by atoms with Crippen molar-refractivity contribution in [2.75, 3.05) is 5.32 Å². The van der Waals surface area contributed by atoms with E-state index in [1.165, 1.54) is 11.3 Å². The number of benzene rings is 1. The number of nitrogens with zero attached hydrogens (tertiary/aromatic N) is 1. The van der Waals surface area contributed by atoms with Crippen LogP contribution >= 0.6 is 27.3 Å². The average molecular weight is 415 g/mol. The van der Waals surface area contributed by atoms with Crippen LogP contribution in [0.1, 0.15) is 10.4 Å². The molecule has 4 aromatic rings. The molecule has 4 rings (SSSR count). The molecule has 0 unspecified atom stereocenters. The molecule has 0 bridgehead atoms. The number of anilines is 1. The van der Waals surface area contributed by atoms with E-state index in [-0.39, 0.29) is 5.91 Å². The summed E-state index contributed by atoms with van der Waals surface area (Å²) in [4.78, 5) is 17.8. The number of hydrogen-bond donors (Lipinski definition) is 1. The molecule has 5 nitrogen and oxygen atoms in total. The van der Waals surface area contributed by atoms with Crippen LogP contribution in [-0.4, -0.2) is 10.9 Å². The van der Waals surface area contributed by atoms with E-state index in [4.69, 9.17) is 8.83 Å². The third-order valence-electron chi connectivity index (χ3n) is 3.47. The van der Waals surface area contributed by atoms with E-state index in [1.54, 1.807) is 30.7 Å². The molecule has 0 aliphatic carbocycles. The highest BCUT2D eigenvalue weighted by Crippen LogP contribution is 2.39. The summed E-state index contributed by atoms with van der Waals surface area (Å²) in [6.45, 7) is 0. The first kappa shape index (κ1) is 15.9. The standard InChI is InChI=1S/C18H11BrN2O3S/c19-12-6-2-1-5-11(12)17(22)21-18-20-15(13-7-3-9-23-13)16(25-18)14-8-4-10-24-14/h1-10H,(H,20,21,22). The smallest absolute Gasteiger partial charge is 0.258 e. The average Bonchev–Trinajstić information content (AvgIpc) is 3.36. The minimum absolute atomic E-state index is 0.238. The van der Waals surface area contributed by atoms with Gasteiger partial charge in [-0.15, -0.1) is 0 Å². The Morgan fingerprint density at radius 1 is 1.00 bits per heavy atom. The molecule has 0 saturated carbocycles. The van der Waals surface area contributed by atoms with Crippen molar-refractivity contribution >= 4 is 38.3 Å². The van der Waals surface area contributed by atoms with Crippen molar-refractivity contribution in [3.8, 4) is 22.1 Å². The number of carbonyl (C=O) groups is 1. The molecule has 0 radical (unpaired) electrons. The van der Waals surface area contributed by atoms with Gasteiger partial charge in [-0.3, -0.25) is 10.1 Å². The van der Waals surface area contributed by atoms with E-state index in [9.17, 15) is 4.79 Å². The quantitative estimate of drug-likeness (QED) is 0.466. The SMILES string of the molecule is O=C(Nc1nc(-c2ccco2)c(-c2ccco2)s1)c1ccccc1Br. The van der Waals surface area contributed by atoms with Gasteiger partial charge in [0.05, 0.1) is 18.1 Å². The first-order chi connectivity index (χ1) is 12.2. The lowest BCUT2D eigenvalue weighted by Crippen LogP contribution is -2.12. The maximum Gasteiger partial charge on any atom is 0.258 e. The summed E-state index contributed by atoms with van der Waals surface area (Å²) < 4.78 is 11.7. The summed E-state index contributed by atoms with van der Waals surface area (Å²) in [6, 6.07) is 14.5. The number of rotatable bonds is 4. The molecule has 25 heavy (non-hydrogen) atoms. The first-order valence-electron chi connectivity index (χ1n) is 7.37. The number of amides is 1. The molecule has 0 fully saturated rings. The second-order valence-electron chi connectivity index (χ2n) is 5.09. The summed E-state index contributed by atoms with van der Waals surface area (Å²) in [6.07, 6.45) is 3.18. The fourth-order valence-electron chi connectivity index (χ4n) is 2.34. The van der Waals surface area contributed by atoms with Crippen molar-refractivity contribution in [3.63, 3.8) is 0 Å². The molecule has 0 aliphatic heterocycles. The van der Waals surface area contributed by atoms with Gasteiger partial charge in [-0.1, -0.05) is 23.5 Å². The lowest BCUT2D eigenvalue weighted by Gasteiger charge is -2.03. The molecule has 3 aromatic heterocycles. The van der Waals surface area contributed by atoms with Crippen LogP contribution in [0.2, 0.25) is 0 Å². The zero-order chi connectivity index (χ0) is 17.2. The van der Waals surface area contributed by atoms with E-state index in [2.05, 4.69) is 26.2 Å². The minimum atomic E-state index is -0.238. The van der Waals surface area contributed by atoms with Crippen molar-refractivity contribution in [2.45, 2.75) is 0 Å². The second-order valence-corrected chi connectivity index (χ2v) is 6.94. The van der Waals surface area contributed by atoms with Gasteiger partial charge in [-0.2, -0.15) is 0 Å². The summed E-state index contributed by atoms with van der Waals surface area (Å²) in [7, 11) is 0. The molecule has 1 amide bonds. The Kier molecular flexibility index (Phi) is 4.25. The second kappa shape index (κ2) is 6.70. The molecule has 7 heteroatoms. The van der Waals surface area contributed by atoms with Crippen LogP contribution in [0.25, 0.3) is 22.1 Å². The van der Waals surface area contributed by atoms with Gasteiger partial charge < -0.3 is 8.83 Å². The normalized spacial score (nSPS) is 10.8. The lowest BCUT2D eigenvalue weighted by molar-refractivity contribution is 0.102. The highest BCUT2D eigenvalue weighted by atomic mass is 79.9. The summed E-state index contributed by atoms with van der Waals surface area (Å²) >= 11 is 4.72. The van der Waals surface area contributed by atoms with Gasteiger partial charge >= 0.3 is 0 Å². The molecule has 3 heterocycles. The van der Waals surface area contributed by atoms with Gasteiger partial charge in [0.15, 0.2) is 10.9 Å². The van der Waals surface area contributed by atoms with Crippen molar-refractivity contribution in [1.82, 2.24) is 4.98 Å². The molecule has 124 valence electrons. The molecular weight excluding hydrogens is 404 g/mol. The minimum Gasteiger partial charge on any atom is -0.463 e. The van der Waals surface area contributed by atoms with Gasteiger partial charge in [0.25, 0.3) is 5.91 Å². The fraction of sp³-hybridized carbons (Fsp3) is 0. The van der Waals surface area contributed by atoms with Crippen LogP contribution in [0, 0.1) is 0 Å². The van der Waals surface area contributed by atoms with Crippen molar-refractivity contribution in [2.24, 2.45) is 0 Å². The molecular formula is C18H11BrN2O3S. The Hall–Kier alpha value is -2.64. The largest absolute Gasteiger partial charge is 0.463 e. The predicted molar refractivity (Wildman–Crippen MR) is 99.6 cm³/mol. The number of aromatic nitrogens is 1. The predicted octanol–water partition coefficient (Wildman–Crippen LogP) is 5.68. The fourth-order valence-corrected chi connectivity index (χ4v) is 3.74. The molecule has 0 atom stereocenters. The molecule has 0 aliphatic rings. The van der Waals surface area contributed by atoms with E-state index in [1.807, 2.05) is 30.3 Å². The molecule has 1 N–H and O–H groups in total. The zero-order valence-corrected chi connectivity index (χ0v) is 15.1. The van der Waals surface area contributed by atoms with Crippen LogP contribution in [0.3, 0.4) is 0 Å². The van der Waals surface area contributed by atoms with Gasteiger partial charge in [0, 0.05) is 4.47 Å². The Morgan fingerprint density at radius 3 is 2.40 bits per heavy atom. The van der Waals surface area contributed by atoms with Crippen LogP contribution in [0.15, 0.2) is 74.4 Å². The van der Waals surface area contributed by atoms with Crippen LogP contribution in [-0.2, 0) is 0 Å². The van der Waals surface area contributed by atoms with E-state index in [0.29, 0.717) is 27.9 Å². The van der Waals surface area contributed by atoms with Crippen LogP contribution < -0.4 is 5.32 Å². The first-order valence-corrected chi connectivity index (χ1v) is 8.98. The third-order valence-corrected chi connectivity index (χ3v) is 5.14. The van der Waals surface area contributed by atoms with Crippen LogP contribution in [0.4, 0.5) is 5.13 Å². The number of hydrogen-bond acceptors (Lipinski definition) is 5. The number of halogens is 1. The molecule has 0 saturated heterocycles. The summed E-state index contributed by atoms with van der Waals surface area (Å²) in [5.41, 5.74) is 1.17. The Labute approximate surface area is 155 Å². The third kappa shape index (κ3) is 3.16. The Morgan fingerprint density at radius 2 is 1.72 bits per heavy atom. The van der Waals surface area contributed by atoms with Crippen LogP contribution in [0.5, 0.6) is 0 Å². The van der Waals surface area contributed by atoms with E-state index >= 15 is 0 Å². The van der Waals surface area contributed by atoms with Gasteiger partial charge in [-0.25, -0.2) is 4.98 Å². The Balaban J connectivity index is 1.71. The zero-order valence-electron chi connectivity index (χ0n) is 12.7. The van der Waals surface area contributed by atoms with Crippen molar-refractivity contribution in [1.29, 1.82) is 0 Å². The highest BCUT2D eigenvalue weighted by molar-refractivity contribution is 9.10. The number of nitrogens with one attached hydrogen (secondary N) is 1. The summed E-state index contributed by atoms with van der Waals surface area (Å²) in [5.74, 6) is 1.05. The van der Waals surface area contributed by atoms with Gasteiger partial charge in [0.2, 0.25) is 0 Å². The van der Waals surface area contributed by atoms with Gasteiger partial charge in [-0.05, 0) is 52.3 Å². The lowest BCUT2D eigenvalue weighted by atomic mass is 10.2. The van der Waals surface area contributed by atoms with Crippen molar-refractivity contribution < 1.29 is 13.6 Å². The Bertz CT molecular complexity index is 955. The van der Waals surface area contributed by atoms with Gasteiger partial charge in [0.1, 0.15) is 16.3 Å². The van der Waals surface area contributed by atoms with E-state index in [0.717, 1.165) is 9.35 Å². The number of carbonyl (C=O) groups excluding carboxylic acids is 1. The highest BCUT2D eigenvalue weighted by Gasteiger charge is 2.20. The number of furan rings is 2. The monoisotopic (exact) mass is 414 g/mol. The summed E-state index contributed by atoms with van der Waals surface area (Å²) in [5, 5.41) is 3.31. The maximum absolute atomic E-state index is 12.5.